The van der Waals surface area contributed by atoms with Crippen LogP contribution in [0.15, 0.2) is 41.8 Å². The second-order valence-electron chi connectivity index (χ2n) is 9.69. The molecule has 0 saturated heterocycles. The summed E-state index contributed by atoms with van der Waals surface area (Å²) in [4.78, 5) is 19.3. The molecule has 2 N–H and O–H groups in total. The predicted molar refractivity (Wildman–Crippen MR) is 134 cm³/mol. The highest BCUT2D eigenvalue weighted by Gasteiger charge is 2.44. The van der Waals surface area contributed by atoms with Crippen LogP contribution in [0.25, 0.3) is 16.9 Å². The van der Waals surface area contributed by atoms with Gasteiger partial charge in [0.1, 0.15) is 5.82 Å². The predicted octanol–water partition coefficient (Wildman–Crippen LogP) is 4.96. The largest absolute Gasteiger partial charge is 0.481 e. The molecule has 0 bridgehead atoms. The van der Waals surface area contributed by atoms with Crippen LogP contribution in [-0.2, 0) is 17.6 Å². The number of rotatable bonds is 6. The maximum Gasteiger partial charge on any atom is 0.307 e. The quantitative estimate of drug-likeness (QED) is 0.384. The highest BCUT2D eigenvalue weighted by Crippen LogP contribution is 2.48. The first-order valence-electron chi connectivity index (χ1n) is 12.3. The lowest BCUT2D eigenvalue weighted by molar-refractivity contribution is -0.138. The molecule has 7 nitrogen and oxygen atoms in total. The molecule has 1 aliphatic heterocycles. The molecular weight excluding hydrogens is 479 g/mol. The van der Waals surface area contributed by atoms with Gasteiger partial charge in [0.05, 0.1) is 17.3 Å². The van der Waals surface area contributed by atoms with Crippen LogP contribution < -0.4 is 0 Å². The van der Waals surface area contributed by atoms with Gasteiger partial charge in [-0.2, -0.15) is 5.10 Å². The number of aliphatic hydroxyl groups is 1. The molecule has 3 aromatic heterocycles. The summed E-state index contributed by atoms with van der Waals surface area (Å²) in [6, 6.07) is 10.7. The molecule has 0 amide bonds. The lowest BCUT2D eigenvalue weighted by Crippen LogP contribution is -2.37. The van der Waals surface area contributed by atoms with E-state index in [4.69, 9.17) is 4.98 Å². The molecule has 9 heteroatoms. The number of hydrogen-bond acceptors (Lipinski definition) is 6. The van der Waals surface area contributed by atoms with Gasteiger partial charge in [-0.05, 0) is 72.9 Å². The van der Waals surface area contributed by atoms with Crippen molar-refractivity contribution in [1.29, 1.82) is 0 Å². The number of aryl methyl sites for hydroxylation is 1. The maximum atomic E-state index is 15.1. The van der Waals surface area contributed by atoms with E-state index in [-0.39, 0.29) is 12.0 Å². The number of carboxylic acids is 1. The summed E-state index contributed by atoms with van der Waals surface area (Å²) in [6.07, 6.45) is 1.25. The second kappa shape index (κ2) is 8.76. The highest BCUT2D eigenvalue weighted by molar-refractivity contribution is 7.10. The topological polar surface area (TPSA) is 91.0 Å². The molecule has 0 spiro atoms. The molecule has 36 heavy (non-hydrogen) atoms. The Balaban J connectivity index is 1.32. The van der Waals surface area contributed by atoms with E-state index in [9.17, 15) is 15.0 Å². The van der Waals surface area contributed by atoms with Gasteiger partial charge >= 0.3 is 5.97 Å². The Morgan fingerprint density at radius 2 is 2.11 bits per heavy atom. The monoisotopic (exact) mass is 506 g/mol. The van der Waals surface area contributed by atoms with E-state index < -0.39 is 23.9 Å². The van der Waals surface area contributed by atoms with Gasteiger partial charge < -0.3 is 10.2 Å². The van der Waals surface area contributed by atoms with Crippen molar-refractivity contribution in [2.24, 2.45) is 5.92 Å². The van der Waals surface area contributed by atoms with Gasteiger partial charge in [0.15, 0.2) is 11.9 Å². The van der Waals surface area contributed by atoms with Crippen molar-refractivity contribution in [2.75, 3.05) is 6.54 Å². The Morgan fingerprint density at radius 1 is 1.28 bits per heavy atom. The van der Waals surface area contributed by atoms with E-state index in [0.717, 1.165) is 18.7 Å². The van der Waals surface area contributed by atoms with Crippen LogP contribution in [0.3, 0.4) is 0 Å². The van der Waals surface area contributed by atoms with Crippen LogP contribution in [0, 0.1) is 11.7 Å². The molecule has 3 unspecified atom stereocenters. The van der Waals surface area contributed by atoms with E-state index in [1.807, 2.05) is 13.0 Å². The average Bonchev–Trinajstić information content (AvgIpc) is 3.33. The first-order valence-corrected chi connectivity index (χ1v) is 13.2. The van der Waals surface area contributed by atoms with Gasteiger partial charge in [-0.3, -0.25) is 9.69 Å². The zero-order valence-corrected chi connectivity index (χ0v) is 20.9. The fourth-order valence-electron chi connectivity index (χ4n) is 5.41. The summed E-state index contributed by atoms with van der Waals surface area (Å²) in [7, 11) is 0. The van der Waals surface area contributed by atoms with Gasteiger partial charge in [0.2, 0.25) is 0 Å². The number of nitrogens with zero attached hydrogens (tertiary/aromatic N) is 4. The van der Waals surface area contributed by atoms with E-state index in [1.165, 1.54) is 16.5 Å². The van der Waals surface area contributed by atoms with Crippen molar-refractivity contribution in [3.63, 3.8) is 0 Å². The maximum absolute atomic E-state index is 15.1. The zero-order chi connectivity index (χ0) is 25.1. The molecule has 1 aliphatic carbocycles. The molecule has 1 aromatic carbocycles. The molecule has 0 radical (unpaired) electrons. The van der Waals surface area contributed by atoms with E-state index in [0.29, 0.717) is 41.0 Å². The Labute approximate surface area is 211 Å². The number of aliphatic hydroxyl groups excluding tert-OH is 1. The highest BCUT2D eigenvalue weighted by atomic mass is 32.1. The van der Waals surface area contributed by atoms with Gasteiger partial charge in [0, 0.05) is 34.8 Å². The summed E-state index contributed by atoms with van der Waals surface area (Å²) in [5.74, 6) is -1.83. The standard InChI is InChI=1S/C27H27FN4O3S/c1-3-16-11-23(26(33)31-8-6-24-17(14(31)2)7-9-36-24)29-25-13-22(30-32(16)25)18-5-4-15(10-21(18)28)19-12-20(19)27(34)35/h4-5,7,9-11,13-14,19-20,26,33H,3,6,8,12H2,1-2H3,(H,34,35)/t14?,19?,20-,26?/m1/s1. The number of carbonyl (C=O) groups is 1. The van der Waals surface area contributed by atoms with Crippen molar-refractivity contribution >= 4 is 23.0 Å². The molecule has 1 fully saturated rings. The number of fused-ring (bicyclic) bond motifs is 2. The number of aliphatic carboxylic acids is 1. The Morgan fingerprint density at radius 3 is 2.83 bits per heavy atom. The summed E-state index contributed by atoms with van der Waals surface area (Å²) >= 11 is 1.76. The second-order valence-corrected chi connectivity index (χ2v) is 10.7. The van der Waals surface area contributed by atoms with Crippen LogP contribution in [0.2, 0.25) is 0 Å². The van der Waals surface area contributed by atoms with E-state index >= 15 is 4.39 Å². The third-order valence-corrected chi connectivity index (χ3v) is 8.59. The van der Waals surface area contributed by atoms with Crippen molar-refractivity contribution in [3.8, 4) is 11.3 Å². The number of carboxylic acid groups (broad SMARTS) is 1. The van der Waals surface area contributed by atoms with Gasteiger partial charge in [-0.25, -0.2) is 13.9 Å². The van der Waals surface area contributed by atoms with Crippen LogP contribution >= 0.6 is 11.3 Å². The van der Waals surface area contributed by atoms with Crippen molar-refractivity contribution < 1.29 is 19.4 Å². The fourth-order valence-corrected chi connectivity index (χ4v) is 6.38. The Bertz CT molecular complexity index is 1480. The molecule has 4 aromatic rings. The first kappa shape index (κ1) is 23.3. The summed E-state index contributed by atoms with van der Waals surface area (Å²) in [6.45, 7) is 4.87. The SMILES string of the molecule is CCc1cc(C(O)N2CCc3sccc3C2C)nc2cc(-c3ccc(C4C[C@H]4C(=O)O)cc3F)nn12. The minimum atomic E-state index is -0.863. The molecule has 6 rings (SSSR count). The molecule has 186 valence electrons. The summed E-state index contributed by atoms with van der Waals surface area (Å²) in [5, 5.41) is 27.2. The van der Waals surface area contributed by atoms with Crippen LogP contribution in [0.4, 0.5) is 4.39 Å². The Kier molecular flexibility index (Phi) is 5.66. The number of hydrogen-bond donors (Lipinski definition) is 2. The lowest BCUT2D eigenvalue weighted by atomic mass is 10.0. The summed E-state index contributed by atoms with van der Waals surface area (Å²) < 4.78 is 16.8. The number of halogens is 1. The normalized spacial score (nSPS) is 22.5. The average molecular weight is 507 g/mol. The minimum Gasteiger partial charge on any atom is -0.481 e. The number of aromatic nitrogens is 3. The van der Waals surface area contributed by atoms with Gasteiger partial charge in [-0.1, -0.05) is 13.0 Å². The molecule has 1 saturated carbocycles. The van der Waals surface area contributed by atoms with Crippen molar-refractivity contribution in [2.45, 2.75) is 51.3 Å². The van der Waals surface area contributed by atoms with Crippen LogP contribution in [0.1, 0.15) is 65.8 Å². The van der Waals surface area contributed by atoms with Crippen LogP contribution in [0.5, 0.6) is 0 Å². The molecule has 4 heterocycles. The lowest BCUT2D eigenvalue weighted by Gasteiger charge is -2.36. The van der Waals surface area contributed by atoms with Gasteiger partial charge in [-0.15, -0.1) is 11.3 Å². The number of benzene rings is 1. The summed E-state index contributed by atoms with van der Waals surface area (Å²) in [5.41, 5.74) is 4.74. The third kappa shape index (κ3) is 3.82. The smallest absolute Gasteiger partial charge is 0.307 e. The third-order valence-electron chi connectivity index (χ3n) is 7.59. The molecule has 2 aliphatic rings. The van der Waals surface area contributed by atoms with E-state index in [1.54, 1.807) is 34.1 Å². The fraction of sp³-hybridized carbons (Fsp3) is 0.370. The molecule has 4 atom stereocenters. The van der Waals surface area contributed by atoms with E-state index in [2.05, 4.69) is 28.4 Å². The zero-order valence-electron chi connectivity index (χ0n) is 20.1. The van der Waals surface area contributed by atoms with Crippen molar-refractivity contribution in [1.82, 2.24) is 19.5 Å². The van der Waals surface area contributed by atoms with Crippen molar-refractivity contribution in [3.05, 3.63) is 75.0 Å². The number of thiophene rings is 1. The van der Waals surface area contributed by atoms with Gasteiger partial charge in [0.25, 0.3) is 0 Å². The van der Waals surface area contributed by atoms with Crippen LogP contribution in [-0.4, -0.2) is 42.2 Å². The first-order chi connectivity index (χ1) is 17.4. The molecular formula is C27H27FN4O3S. The minimum absolute atomic E-state index is 0.0818. The Hall–Kier alpha value is -3.14.